The van der Waals surface area contributed by atoms with E-state index in [1.165, 1.54) is 15.9 Å². The van der Waals surface area contributed by atoms with Crippen molar-refractivity contribution >= 4 is 27.5 Å². The largest absolute Gasteiger partial charge is 0.461 e. The second-order valence-corrected chi connectivity index (χ2v) is 7.94. The molecule has 0 aliphatic carbocycles. The van der Waals surface area contributed by atoms with E-state index in [0.717, 1.165) is 21.7 Å². The molecule has 6 nitrogen and oxygen atoms in total. The standard InChI is InChI=1S/C18H27N3O3S/c1-8-10(2)24-18(23)12(4)21-14(9-20(6)7)19-16-15(17(21)22)11(3)13(5)25-16/h10,12H,8-9H2,1-7H3. The molecule has 0 aliphatic heterocycles. The summed E-state index contributed by atoms with van der Waals surface area (Å²) < 4.78 is 6.93. The molecule has 0 spiro atoms. The fourth-order valence-corrected chi connectivity index (χ4v) is 3.67. The minimum Gasteiger partial charge on any atom is -0.461 e. The lowest BCUT2D eigenvalue weighted by molar-refractivity contribution is -0.152. The van der Waals surface area contributed by atoms with Gasteiger partial charge in [-0.05, 0) is 53.8 Å². The maximum Gasteiger partial charge on any atom is 0.329 e. The number of thiophene rings is 1. The number of fused-ring (bicyclic) bond motifs is 1. The molecule has 0 radical (unpaired) electrons. The van der Waals surface area contributed by atoms with Gasteiger partial charge in [0.15, 0.2) is 0 Å². The van der Waals surface area contributed by atoms with Crippen molar-refractivity contribution in [2.24, 2.45) is 0 Å². The van der Waals surface area contributed by atoms with Gasteiger partial charge in [0.25, 0.3) is 5.56 Å². The minimum absolute atomic E-state index is 0.169. The lowest BCUT2D eigenvalue weighted by Crippen LogP contribution is -2.35. The van der Waals surface area contributed by atoms with Crippen molar-refractivity contribution in [2.75, 3.05) is 14.1 Å². The summed E-state index contributed by atoms with van der Waals surface area (Å²) in [4.78, 5) is 34.1. The molecule has 2 rings (SSSR count). The predicted molar refractivity (Wildman–Crippen MR) is 101 cm³/mol. The van der Waals surface area contributed by atoms with E-state index in [0.29, 0.717) is 17.8 Å². The first-order valence-electron chi connectivity index (χ1n) is 8.53. The van der Waals surface area contributed by atoms with Gasteiger partial charge in [0.1, 0.15) is 16.7 Å². The third-order valence-corrected chi connectivity index (χ3v) is 5.49. The normalized spacial score (nSPS) is 14.1. The summed E-state index contributed by atoms with van der Waals surface area (Å²) in [6.45, 7) is 9.89. The van der Waals surface area contributed by atoms with Crippen molar-refractivity contribution in [2.45, 2.75) is 59.7 Å². The number of ether oxygens (including phenoxy) is 1. The zero-order valence-electron chi connectivity index (χ0n) is 16.0. The summed E-state index contributed by atoms with van der Waals surface area (Å²) >= 11 is 1.52. The molecule has 0 fully saturated rings. The lowest BCUT2D eigenvalue weighted by atomic mass is 10.2. The highest BCUT2D eigenvalue weighted by Gasteiger charge is 2.25. The highest BCUT2D eigenvalue weighted by Crippen LogP contribution is 2.27. The van der Waals surface area contributed by atoms with E-state index < -0.39 is 12.0 Å². The van der Waals surface area contributed by atoms with Gasteiger partial charge in [-0.15, -0.1) is 11.3 Å². The number of carbonyl (C=O) groups excluding carboxylic acids is 1. The van der Waals surface area contributed by atoms with Crippen molar-refractivity contribution in [3.63, 3.8) is 0 Å². The number of esters is 1. The number of nitrogens with zero attached hydrogens (tertiary/aromatic N) is 3. The zero-order chi connectivity index (χ0) is 18.9. The first kappa shape index (κ1) is 19.6. The van der Waals surface area contributed by atoms with E-state index in [4.69, 9.17) is 9.72 Å². The van der Waals surface area contributed by atoms with Crippen molar-refractivity contribution in [3.8, 4) is 0 Å². The second kappa shape index (κ2) is 7.66. The Balaban J connectivity index is 2.62. The van der Waals surface area contributed by atoms with Gasteiger partial charge < -0.3 is 9.64 Å². The van der Waals surface area contributed by atoms with Crippen LogP contribution in [0.3, 0.4) is 0 Å². The summed E-state index contributed by atoms with van der Waals surface area (Å²) in [7, 11) is 3.82. The zero-order valence-corrected chi connectivity index (χ0v) is 16.9. The van der Waals surface area contributed by atoms with Crippen LogP contribution in [0.2, 0.25) is 0 Å². The molecule has 0 N–H and O–H groups in total. The van der Waals surface area contributed by atoms with E-state index in [1.807, 2.05) is 46.7 Å². The van der Waals surface area contributed by atoms with Crippen LogP contribution in [0.4, 0.5) is 0 Å². The lowest BCUT2D eigenvalue weighted by Gasteiger charge is -2.21. The Morgan fingerprint density at radius 2 is 1.96 bits per heavy atom. The minimum atomic E-state index is -0.715. The Morgan fingerprint density at radius 3 is 2.52 bits per heavy atom. The van der Waals surface area contributed by atoms with Crippen molar-refractivity contribution in [1.29, 1.82) is 0 Å². The fraction of sp³-hybridized carbons (Fsp3) is 0.611. The molecule has 2 aromatic rings. The smallest absolute Gasteiger partial charge is 0.329 e. The molecule has 138 valence electrons. The fourth-order valence-electron chi connectivity index (χ4n) is 2.63. The molecule has 0 aliphatic rings. The maximum absolute atomic E-state index is 13.2. The van der Waals surface area contributed by atoms with E-state index in [2.05, 4.69) is 0 Å². The predicted octanol–water partition coefficient (Wildman–Crippen LogP) is 3.04. The summed E-state index contributed by atoms with van der Waals surface area (Å²) in [6, 6.07) is -0.715. The van der Waals surface area contributed by atoms with Gasteiger partial charge in [-0.3, -0.25) is 9.36 Å². The van der Waals surface area contributed by atoms with Crippen LogP contribution in [-0.4, -0.2) is 40.6 Å². The molecule has 25 heavy (non-hydrogen) atoms. The Labute approximate surface area is 152 Å². The molecule has 2 atom stereocenters. The number of rotatable bonds is 6. The van der Waals surface area contributed by atoms with Gasteiger partial charge in [-0.2, -0.15) is 0 Å². The molecule has 0 saturated heterocycles. The van der Waals surface area contributed by atoms with Gasteiger partial charge in [0.05, 0.1) is 18.0 Å². The average molecular weight is 365 g/mol. The molecule has 2 aromatic heterocycles. The Hall–Kier alpha value is -1.73. The molecule has 0 aromatic carbocycles. The summed E-state index contributed by atoms with van der Waals surface area (Å²) in [6.07, 6.45) is 0.558. The van der Waals surface area contributed by atoms with Crippen LogP contribution < -0.4 is 5.56 Å². The Morgan fingerprint density at radius 1 is 1.32 bits per heavy atom. The summed E-state index contributed by atoms with van der Waals surface area (Å²) in [5.74, 6) is 0.180. The van der Waals surface area contributed by atoms with E-state index in [9.17, 15) is 9.59 Å². The van der Waals surface area contributed by atoms with Gasteiger partial charge in [-0.1, -0.05) is 6.92 Å². The van der Waals surface area contributed by atoms with Crippen LogP contribution in [0.1, 0.15) is 49.5 Å². The van der Waals surface area contributed by atoms with Gasteiger partial charge >= 0.3 is 5.97 Å². The van der Waals surface area contributed by atoms with Crippen molar-refractivity contribution < 1.29 is 9.53 Å². The highest BCUT2D eigenvalue weighted by atomic mass is 32.1. The van der Waals surface area contributed by atoms with Crippen LogP contribution in [-0.2, 0) is 16.1 Å². The SMILES string of the molecule is CCC(C)OC(=O)C(C)n1c(CN(C)C)nc2sc(C)c(C)c2c1=O. The maximum atomic E-state index is 13.2. The van der Waals surface area contributed by atoms with Crippen LogP contribution in [0.25, 0.3) is 10.2 Å². The highest BCUT2D eigenvalue weighted by molar-refractivity contribution is 7.18. The molecular formula is C18H27N3O3S. The molecule has 7 heteroatoms. The number of hydrogen-bond donors (Lipinski definition) is 0. The van der Waals surface area contributed by atoms with Gasteiger partial charge in [0, 0.05) is 4.88 Å². The monoisotopic (exact) mass is 365 g/mol. The number of aromatic nitrogens is 2. The molecule has 0 saturated carbocycles. The molecule has 2 unspecified atom stereocenters. The number of hydrogen-bond acceptors (Lipinski definition) is 6. The second-order valence-electron chi connectivity index (χ2n) is 6.74. The third-order valence-electron chi connectivity index (χ3n) is 4.39. The molecule has 0 bridgehead atoms. The van der Waals surface area contributed by atoms with Crippen LogP contribution in [0.15, 0.2) is 4.79 Å². The van der Waals surface area contributed by atoms with E-state index in [-0.39, 0.29) is 11.7 Å². The quantitative estimate of drug-likeness (QED) is 0.736. The number of aryl methyl sites for hydroxylation is 2. The Bertz CT molecular complexity index is 838. The van der Waals surface area contributed by atoms with E-state index in [1.54, 1.807) is 6.92 Å². The third kappa shape index (κ3) is 3.93. The average Bonchev–Trinajstić information content (AvgIpc) is 2.80. The van der Waals surface area contributed by atoms with Crippen LogP contribution >= 0.6 is 11.3 Å². The van der Waals surface area contributed by atoms with Crippen LogP contribution in [0, 0.1) is 13.8 Å². The topological polar surface area (TPSA) is 64.4 Å². The summed E-state index contributed by atoms with van der Waals surface area (Å²) in [5.41, 5.74) is 0.766. The van der Waals surface area contributed by atoms with Crippen LogP contribution in [0.5, 0.6) is 0 Å². The molecular weight excluding hydrogens is 338 g/mol. The number of carbonyl (C=O) groups is 1. The van der Waals surface area contributed by atoms with Gasteiger partial charge in [-0.25, -0.2) is 9.78 Å². The van der Waals surface area contributed by atoms with E-state index >= 15 is 0 Å². The van der Waals surface area contributed by atoms with Gasteiger partial charge in [0.2, 0.25) is 0 Å². The molecule has 0 amide bonds. The first-order valence-corrected chi connectivity index (χ1v) is 9.35. The summed E-state index contributed by atoms with van der Waals surface area (Å²) in [5, 5.41) is 0.605. The first-order chi connectivity index (χ1) is 11.7. The van der Waals surface area contributed by atoms with Crippen molar-refractivity contribution in [3.05, 3.63) is 26.6 Å². The Kier molecular flexibility index (Phi) is 6.00. The molecule has 2 heterocycles. The van der Waals surface area contributed by atoms with Crippen molar-refractivity contribution in [1.82, 2.24) is 14.5 Å².